The molecule has 1 N–H and O–H groups in total. The van der Waals surface area contributed by atoms with Crippen molar-refractivity contribution < 1.29 is 22.7 Å². The molecule has 4 rings (SSSR count). The normalized spacial score (nSPS) is 12.0. The molecule has 11 heteroatoms. The summed E-state index contributed by atoms with van der Waals surface area (Å²) < 4.78 is 33.1. The number of anilines is 1. The van der Waals surface area contributed by atoms with Crippen molar-refractivity contribution in [3.8, 4) is 5.75 Å². The lowest BCUT2D eigenvalue weighted by Gasteiger charge is -2.34. The second kappa shape index (κ2) is 16.0. The maximum atomic E-state index is 14.3. The van der Waals surface area contributed by atoms with E-state index in [1.807, 2.05) is 74.5 Å². The highest BCUT2D eigenvalue weighted by Gasteiger charge is 2.34. The fraction of sp³-hybridized carbons (Fsp3) is 0.257. The molecule has 0 aliphatic carbocycles. The Bertz CT molecular complexity index is 1700. The van der Waals surface area contributed by atoms with Gasteiger partial charge in [-0.25, -0.2) is 8.42 Å². The second-order valence-corrected chi connectivity index (χ2v) is 13.8. The molecule has 0 saturated carbocycles. The van der Waals surface area contributed by atoms with E-state index in [4.69, 9.17) is 27.9 Å². The summed E-state index contributed by atoms with van der Waals surface area (Å²) in [7, 11) is -3.94. The number of amides is 2. The van der Waals surface area contributed by atoms with Crippen LogP contribution in [0.2, 0.25) is 10.0 Å². The monoisotopic (exact) mass is 681 g/mol. The Hall–Kier alpha value is -4.05. The SMILES string of the molecule is CC(C)NC(=O)C(Cc1ccccc1)N(Cc1c(Cl)cccc1Cl)C(=O)CN(c1ccc(OCc2ccccc2)cc1)S(C)(=O)=O. The number of halogens is 2. The molecule has 4 aromatic carbocycles. The number of nitrogens with zero attached hydrogens (tertiary/aromatic N) is 2. The summed E-state index contributed by atoms with van der Waals surface area (Å²) >= 11 is 13.0. The number of sulfonamides is 1. The van der Waals surface area contributed by atoms with Gasteiger partial charge in [-0.05, 0) is 61.4 Å². The van der Waals surface area contributed by atoms with Gasteiger partial charge < -0.3 is 15.0 Å². The van der Waals surface area contributed by atoms with Crippen LogP contribution in [0.4, 0.5) is 5.69 Å². The maximum absolute atomic E-state index is 14.3. The van der Waals surface area contributed by atoms with Gasteiger partial charge in [0.1, 0.15) is 24.9 Å². The highest BCUT2D eigenvalue weighted by Crippen LogP contribution is 2.28. The van der Waals surface area contributed by atoms with E-state index in [2.05, 4.69) is 5.32 Å². The van der Waals surface area contributed by atoms with Crippen LogP contribution in [-0.4, -0.2) is 50.0 Å². The lowest BCUT2D eigenvalue weighted by atomic mass is 10.0. The summed E-state index contributed by atoms with van der Waals surface area (Å²) in [6, 6.07) is 29.2. The third-order valence-corrected chi connectivity index (χ3v) is 8.99. The molecule has 0 saturated heterocycles. The van der Waals surface area contributed by atoms with Gasteiger partial charge in [-0.3, -0.25) is 13.9 Å². The Morgan fingerprint density at radius 2 is 1.37 bits per heavy atom. The minimum atomic E-state index is -3.94. The van der Waals surface area contributed by atoms with Gasteiger partial charge in [-0.15, -0.1) is 0 Å². The van der Waals surface area contributed by atoms with Gasteiger partial charge >= 0.3 is 0 Å². The van der Waals surface area contributed by atoms with Crippen LogP contribution in [0.15, 0.2) is 103 Å². The van der Waals surface area contributed by atoms with Crippen LogP contribution in [0.3, 0.4) is 0 Å². The van der Waals surface area contributed by atoms with Crippen LogP contribution in [0, 0.1) is 0 Å². The Balaban J connectivity index is 1.67. The molecule has 8 nitrogen and oxygen atoms in total. The van der Waals surface area contributed by atoms with Crippen molar-refractivity contribution in [3.63, 3.8) is 0 Å². The van der Waals surface area contributed by atoms with Crippen molar-refractivity contribution in [2.24, 2.45) is 0 Å². The number of hydrogen-bond donors (Lipinski definition) is 1. The van der Waals surface area contributed by atoms with Gasteiger partial charge in [0, 0.05) is 34.6 Å². The van der Waals surface area contributed by atoms with Gasteiger partial charge in [0.15, 0.2) is 0 Å². The largest absolute Gasteiger partial charge is 0.489 e. The fourth-order valence-electron chi connectivity index (χ4n) is 4.85. The Labute approximate surface area is 280 Å². The summed E-state index contributed by atoms with van der Waals surface area (Å²) in [5.74, 6) is -0.456. The van der Waals surface area contributed by atoms with Crippen LogP contribution >= 0.6 is 23.2 Å². The highest BCUT2D eigenvalue weighted by molar-refractivity contribution is 7.92. The third kappa shape index (κ3) is 9.72. The molecule has 2 amide bonds. The lowest BCUT2D eigenvalue weighted by molar-refractivity contribution is -0.140. The summed E-state index contributed by atoms with van der Waals surface area (Å²) in [5.41, 5.74) is 2.52. The number of nitrogens with one attached hydrogen (secondary N) is 1. The minimum absolute atomic E-state index is 0.121. The Morgan fingerprint density at radius 1 is 0.804 bits per heavy atom. The molecule has 242 valence electrons. The summed E-state index contributed by atoms with van der Waals surface area (Å²) in [6.07, 6.45) is 1.21. The molecule has 0 aliphatic heterocycles. The molecule has 0 aliphatic rings. The number of ether oxygens (including phenoxy) is 1. The minimum Gasteiger partial charge on any atom is -0.489 e. The average Bonchev–Trinajstić information content (AvgIpc) is 3.02. The average molecular weight is 683 g/mol. The zero-order chi connectivity index (χ0) is 33.3. The van der Waals surface area contributed by atoms with E-state index in [1.165, 1.54) is 4.90 Å². The first-order valence-electron chi connectivity index (χ1n) is 14.7. The molecule has 4 aromatic rings. The van der Waals surface area contributed by atoms with E-state index >= 15 is 0 Å². The number of benzene rings is 4. The van der Waals surface area contributed by atoms with Crippen LogP contribution in [0.1, 0.15) is 30.5 Å². The van der Waals surface area contributed by atoms with Crippen molar-refractivity contribution in [2.45, 2.75) is 45.5 Å². The topological polar surface area (TPSA) is 96.0 Å². The number of carbonyl (C=O) groups excluding carboxylic acids is 2. The second-order valence-electron chi connectivity index (χ2n) is 11.1. The standard InChI is InChI=1S/C35H37Cl2N3O5S/c1-25(2)38-35(42)33(21-26-11-6-4-7-12-26)39(22-30-31(36)15-10-16-32(30)37)34(41)23-40(46(3,43)44)28-17-19-29(20-18-28)45-24-27-13-8-5-9-14-27/h4-20,25,33H,21-24H2,1-3H3,(H,38,42). The number of rotatable bonds is 14. The molecule has 0 aromatic heterocycles. The fourth-order valence-corrected chi connectivity index (χ4v) is 6.22. The zero-order valence-electron chi connectivity index (χ0n) is 25.9. The molecule has 0 bridgehead atoms. The maximum Gasteiger partial charge on any atom is 0.244 e. The van der Waals surface area contributed by atoms with Gasteiger partial charge in [-0.2, -0.15) is 0 Å². The van der Waals surface area contributed by atoms with E-state index in [1.54, 1.807) is 42.5 Å². The van der Waals surface area contributed by atoms with Crippen molar-refractivity contribution in [1.82, 2.24) is 10.2 Å². The summed E-state index contributed by atoms with van der Waals surface area (Å²) in [6.45, 7) is 3.31. The molecule has 1 atom stereocenters. The summed E-state index contributed by atoms with van der Waals surface area (Å²) in [5, 5.41) is 3.55. The molecular weight excluding hydrogens is 645 g/mol. The Kier molecular flexibility index (Phi) is 12.1. The van der Waals surface area contributed by atoms with Crippen LogP contribution in [-0.2, 0) is 39.2 Å². The smallest absolute Gasteiger partial charge is 0.244 e. The molecule has 46 heavy (non-hydrogen) atoms. The predicted octanol–water partition coefficient (Wildman–Crippen LogP) is 6.50. The van der Waals surface area contributed by atoms with E-state index in [-0.39, 0.29) is 30.6 Å². The molecule has 1 unspecified atom stereocenters. The molecule has 0 heterocycles. The van der Waals surface area contributed by atoms with E-state index in [9.17, 15) is 18.0 Å². The first kappa shape index (κ1) is 34.8. The van der Waals surface area contributed by atoms with Gasteiger partial charge in [0.05, 0.1) is 11.9 Å². The van der Waals surface area contributed by atoms with Crippen LogP contribution in [0.25, 0.3) is 0 Å². The molecule has 0 fully saturated rings. The highest BCUT2D eigenvalue weighted by atomic mass is 35.5. The van der Waals surface area contributed by atoms with E-state index in [0.29, 0.717) is 28.0 Å². The van der Waals surface area contributed by atoms with Gasteiger partial charge in [-0.1, -0.05) is 89.9 Å². The Morgan fingerprint density at radius 3 is 1.91 bits per heavy atom. The van der Waals surface area contributed by atoms with Gasteiger partial charge in [0.2, 0.25) is 21.8 Å². The van der Waals surface area contributed by atoms with Crippen molar-refractivity contribution in [3.05, 3.63) is 130 Å². The van der Waals surface area contributed by atoms with Crippen LogP contribution < -0.4 is 14.4 Å². The van der Waals surface area contributed by atoms with Gasteiger partial charge in [0.25, 0.3) is 0 Å². The van der Waals surface area contributed by atoms with Crippen molar-refractivity contribution in [2.75, 3.05) is 17.1 Å². The lowest BCUT2D eigenvalue weighted by Crippen LogP contribution is -2.54. The van der Waals surface area contributed by atoms with E-state index in [0.717, 1.165) is 21.7 Å². The summed E-state index contributed by atoms with van der Waals surface area (Å²) in [4.78, 5) is 29.3. The van der Waals surface area contributed by atoms with Crippen LogP contribution in [0.5, 0.6) is 5.75 Å². The van der Waals surface area contributed by atoms with Crippen molar-refractivity contribution >= 4 is 50.7 Å². The molecule has 0 radical (unpaired) electrons. The number of carbonyl (C=O) groups is 2. The van der Waals surface area contributed by atoms with E-state index < -0.39 is 28.5 Å². The third-order valence-electron chi connectivity index (χ3n) is 7.14. The predicted molar refractivity (Wildman–Crippen MR) is 184 cm³/mol. The quantitative estimate of drug-likeness (QED) is 0.164. The first-order chi connectivity index (χ1) is 21.9. The molecular formula is C35H37Cl2N3O5S. The number of hydrogen-bond acceptors (Lipinski definition) is 5. The zero-order valence-corrected chi connectivity index (χ0v) is 28.2. The molecule has 0 spiro atoms. The van der Waals surface area contributed by atoms with Crippen molar-refractivity contribution in [1.29, 1.82) is 0 Å². The first-order valence-corrected chi connectivity index (χ1v) is 17.3.